The van der Waals surface area contributed by atoms with Crippen molar-refractivity contribution in [2.45, 2.75) is 78.2 Å². The van der Waals surface area contributed by atoms with Crippen LogP contribution in [0.15, 0.2) is 66.2 Å². The van der Waals surface area contributed by atoms with E-state index in [1.165, 1.54) is 0 Å². The lowest BCUT2D eigenvalue weighted by atomic mass is 9.97. The number of nitrogens with one attached hydrogen (secondary N) is 2. The molecule has 3 aromatic rings. The van der Waals surface area contributed by atoms with Crippen LogP contribution in [0.2, 0.25) is 0 Å². The molecule has 47 heavy (non-hydrogen) atoms. The van der Waals surface area contributed by atoms with Crippen molar-refractivity contribution in [3.05, 3.63) is 66.2 Å². The minimum atomic E-state index is -1.19. The molecule has 0 bridgehead atoms. The van der Waals surface area contributed by atoms with Crippen LogP contribution in [-0.2, 0) is 23.9 Å². The van der Waals surface area contributed by atoms with E-state index in [0.717, 1.165) is 5.56 Å². The first-order valence-electron chi connectivity index (χ1n) is 15.7. The van der Waals surface area contributed by atoms with Crippen molar-refractivity contribution in [3.63, 3.8) is 0 Å². The summed E-state index contributed by atoms with van der Waals surface area (Å²) in [6.07, 6.45) is 1.14. The van der Waals surface area contributed by atoms with Crippen molar-refractivity contribution in [1.29, 1.82) is 0 Å². The van der Waals surface area contributed by atoms with Crippen LogP contribution < -0.4 is 20.1 Å². The molecule has 4 atom stereocenters. The zero-order valence-corrected chi connectivity index (χ0v) is 27.8. The molecule has 250 valence electrons. The number of carboxylic acids is 1. The summed E-state index contributed by atoms with van der Waals surface area (Å²) in [5, 5.41) is 15.7. The van der Waals surface area contributed by atoms with E-state index in [1.807, 2.05) is 36.4 Å². The Morgan fingerprint density at radius 2 is 1.72 bits per heavy atom. The van der Waals surface area contributed by atoms with Gasteiger partial charge in [-0.25, -0.2) is 14.6 Å². The monoisotopic (exact) mass is 645 g/mol. The van der Waals surface area contributed by atoms with E-state index in [-0.39, 0.29) is 18.4 Å². The quantitative estimate of drug-likeness (QED) is 0.229. The van der Waals surface area contributed by atoms with Crippen LogP contribution in [0.1, 0.15) is 54.4 Å². The first-order valence-corrected chi connectivity index (χ1v) is 15.7. The van der Waals surface area contributed by atoms with Gasteiger partial charge in [-0.15, -0.1) is 0 Å². The number of ether oxygens (including phenoxy) is 3. The van der Waals surface area contributed by atoms with E-state index in [2.05, 4.69) is 10.6 Å². The number of rotatable bonds is 12. The fraction of sp³-hybridized carbons (Fsp3) is 0.417. The third kappa shape index (κ3) is 8.66. The number of carboxylic acid groups (broad SMARTS) is 1. The van der Waals surface area contributed by atoms with Gasteiger partial charge >= 0.3 is 11.9 Å². The normalized spacial score (nSPS) is 17.4. The van der Waals surface area contributed by atoms with Gasteiger partial charge in [-0.3, -0.25) is 9.59 Å². The Morgan fingerprint density at radius 1 is 1.02 bits per heavy atom. The summed E-state index contributed by atoms with van der Waals surface area (Å²) >= 11 is 0. The third-order valence-corrected chi connectivity index (χ3v) is 7.75. The molecule has 2 amide bonds. The van der Waals surface area contributed by atoms with Gasteiger partial charge in [-0.1, -0.05) is 51.1 Å². The highest BCUT2D eigenvalue weighted by molar-refractivity contribution is 6.03. The summed E-state index contributed by atoms with van der Waals surface area (Å²) < 4.78 is 17.4. The van der Waals surface area contributed by atoms with Gasteiger partial charge in [0.1, 0.15) is 35.3 Å². The topological polar surface area (TPSA) is 153 Å². The lowest BCUT2D eigenvalue weighted by Crippen LogP contribution is -2.48. The van der Waals surface area contributed by atoms with Crippen molar-refractivity contribution in [3.8, 4) is 22.8 Å². The standard InChI is InChI=1S/C36H43N3O8/c1-8-27(35(44)47-36(4,5)6)38-32(40)25-16-23(17-26(25)33(41)39-31(20(2)3)34(42)43)46-30-19-28(21-12-10-9-11-13-21)37-29-18-22(45-7)14-15-24(29)30/h9-15,17-20,23,25,27,31H,8,16H2,1-7H3,(H,38,40)(H,39,41)(H,42,43)/t23-,25-,27-,31+/m0/s1. The first-order chi connectivity index (χ1) is 22.2. The van der Waals surface area contributed by atoms with Crippen molar-refractivity contribution in [2.24, 2.45) is 11.8 Å². The van der Waals surface area contributed by atoms with Gasteiger partial charge < -0.3 is 30.0 Å². The Kier molecular flexibility index (Phi) is 10.9. The summed E-state index contributed by atoms with van der Waals surface area (Å²) in [7, 11) is 1.57. The van der Waals surface area contributed by atoms with Crippen LogP contribution in [0.3, 0.4) is 0 Å². The van der Waals surface area contributed by atoms with Gasteiger partial charge in [0.15, 0.2) is 0 Å². The van der Waals surface area contributed by atoms with Crippen molar-refractivity contribution in [2.75, 3.05) is 7.11 Å². The third-order valence-electron chi connectivity index (χ3n) is 7.75. The molecule has 0 unspecified atom stereocenters. The molecule has 0 saturated carbocycles. The van der Waals surface area contributed by atoms with Crippen LogP contribution >= 0.6 is 0 Å². The smallest absolute Gasteiger partial charge is 0.329 e. The maximum Gasteiger partial charge on any atom is 0.329 e. The SMILES string of the molecule is CC[C@H](NC(=O)[C@H]1C[C@H](Oc2cc(-c3ccccc3)nc3cc(OC)ccc23)C=C1C(=O)N[C@@H](C(=O)O)C(C)C)C(=O)OC(C)(C)C. The average Bonchev–Trinajstić information content (AvgIpc) is 3.45. The van der Waals surface area contributed by atoms with Crippen molar-refractivity contribution >= 4 is 34.7 Å². The summed E-state index contributed by atoms with van der Waals surface area (Å²) in [5.41, 5.74) is 1.44. The molecule has 1 aliphatic carbocycles. The van der Waals surface area contributed by atoms with E-state index >= 15 is 0 Å². The number of aromatic nitrogens is 1. The predicted octanol–water partition coefficient (Wildman–Crippen LogP) is 5.07. The largest absolute Gasteiger partial charge is 0.497 e. The van der Waals surface area contributed by atoms with E-state index < -0.39 is 59.4 Å². The van der Waals surface area contributed by atoms with E-state index in [9.17, 15) is 24.3 Å². The van der Waals surface area contributed by atoms with Crippen LogP contribution in [0.25, 0.3) is 22.2 Å². The average molecular weight is 646 g/mol. The van der Waals surface area contributed by atoms with E-state index in [4.69, 9.17) is 19.2 Å². The Bertz CT molecular complexity index is 1660. The number of benzene rings is 2. The van der Waals surface area contributed by atoms with Crippen molar-refractivity contribution in [1.82, 2.24) is 15.6 Å². The zero-order valence-electron chi connectivity index (χ0n) is 27.8. The molecule has 1 aromatic heterocycles. The maximum absolute atomic E-state index is 13.7. The first kappa shape index (κ1) is 34.9. The second-order valence-corrected chi connectivity index (χ2v) is 12.9. The number of pyridine rings is 1. The molecule has 0 aliphatic heterocycles. The number of carbonyl (C=O) groups excluding carboxylic acids is 3. The van der Waals surface area contributed by atoms with Gasteiger partial charge in [0, 0.05) is 35.1 Å². The number of nitrogens with zero attached hydrogens (tertiary/aromatic N) is 1. The summed E-state index contributed by atoms with van der Waals surface area (Å²) in [6.45, 7) is 10.3. The molecular formula is C36H43N3O8. The molecule has 2 aromatic carbocycles. The number of hydrogen-bond donors (Lipinski definition) is 3. The minimum Gasteiger partial charge on any atom is -0.497 e. The molecule has 0 spiro atoms. The Hall–Kier alpha value is -4.93. The van der Waals surface area contributed by atoms with Gasteiger partial charge in [0.05, 0.1) is 24.2 Å². The van der Waals surface area contributed by atoms with Gasteiger partial charge in [0.25, 0.3) is 0 Å². The highest BCUT2D eigenvalue weighted by atomic mass is 16.6. The summed E-state index contributed by atoms with van der Waals surface area (Å²) in [6, 6.07) is 14.7. The second-order valence-electron chi connectivity index (χ2n) is 12.9. The predicted molar refractivity (Wildman–Crippen MR) is 177 cm³/mol. The molecule has 0 saturated heterocycles. The Morgan fingerprint density at radius 3 is 2.32 bits per heavy atom. The highest BCUT2D eigenvalue weighted by Gasteiger charge is 2.40. The van der Waals surface area contributed by atoms with Crippen LogP contribution in [-0.4, -0.2) is 64.7 Å². The lowest BCUT2D eigenvalue weighted by molar-refractivity contribution is -0.159. The molecule has 1 aliphatic rings. The lowest BCUT2D eigenvalue weighted by Gasteiger charge is -2.25. The number of esters is 1. The Balaban J connectivity index is 1.70. The van der Waals surface area contributed by atoms with E-state index in [0.29, 0.717) is 28.1 Å². The molecule has 0 fully saturated rings. The second kappa shape index (κ2) is 14.7. The molecular weight excluding hydrogens is 602 g/mol. The number of hydrogen-bond acceptors (Lipinski definition) is 8. The molecule has 0 radical (unpaired) electrons. The minimum absolute atomic E-state index is 0.0572. The van der Waals surface area contributed by atoms with Crippen LogP contribution in [0, 0.1) is 11.8 Å². The Labute approximate surface area is 274 Å². The summed E-state index contributed by atoms with van der Waals surface area (Å²) in [5.74, 6) is -3.39. The van der Waals surface area contributed by atoms with Crippen LogP contribution in [0.4, 0.5) is 0 Å². The number of carbonyl (C=O) groups is 4. The molecule has 1 heterocycles. The molecule has 4 rings (SSSR count). The van der Waals surface area contributed by atoms with Crippen molar-refractivity contribution < 1.29 is 38.5 Å². The van der Waals surface area contributed by atoms with Gasteiger partial charge in [0.2, 0.25) is 11.8 Å². The fourth-order valence-corrected chi connectivity index (χ4v) is 5.34. The molecule has 3 N–H and O–H groups in total. The number of methoxy groups -OCH3 is 1. The number of fused-ring (bicyclic) bond motifs is 1. The van der Waals surface area contributed by atoms with E-state index in [1.54, 1.807) is 72.9 Å². The van der Waals surface area contributed by atoms with Gasteiger partial charge in [-0.2, -0.15) is 0 Å². The molecule has 11 heteroatoms. The number of aliphatic carboxylic acids is 1. The maximum atomic E-state index is 13.7. The van der Waals surface area contributed by atoms with Crippen LogP contribution in [0.5, 0.6) is 11.5 Å². The fourth-order valence-electron chi connectivity index (χ4n) is 5.34. The number of amides is 2. The highest BCUT2D eigenvalue weighted by Crippen LogP contribution is 2.36. The summed E-state index contributed by atoms with van der Waals surface area (Å²) in [4.78, 5) is 56.9. The van der Waals surface area contributed by atoms with Gasteiger partial charge in [-0.05, 0) is 51.3 Å². The zero-order chi connectivity index (χ0) is 34.5. The molecule has 11 nitrogen and oxygen atoms in total.